The molecule has 0 atom stereocenters. The van der Waals surface area contributed by atoms with Gasteiger partial charge in [-0.1, -0.05) is 12.1 Å². The summed E-state index contributed by atoms with van der Waals surface area (Å²) >= 11 is 2.19. The van der Waals surface area contributed by atoms with Gasteiger partial charge in [0.25, 0.3) is 0 Å². The van der Waals surface area contributed by atoms with Crippen LogP contribution in [0.15, 0.2) is 42.5 Å². The molecular formula is C13H11FINO. The van der Waals surface area contributed by atoms with Crippen LogP contribution in [-0.2, 0) is 6.54 Å². The number of hydrogen-bond donors (Lipinski definition) is 1. The van der Waals surface area contributed by atoms with E-state index in [2.05, 4.69) is 22.6 Å². The van der Waals surface area contributed by atoms with E-state index < -0.39 is 0 Å². The highest BCUT2D eigenvalue weighted by molar-refractivity contribution is 14.1. The van der Waals surface area contributed by atoms with E-state index in [1.54, 1.807) is 12.1 Å². The van der Waals surface area contributed by atoms with Gasteiger partial charge in [0.05, 0.1) is 0 Å². The number of halogens is 2. The van der Waals surface area contributed by atoms with E-state index >= 15 is 0 Å². The van der Waals surface area contributed by atoms with Crippen LogP contribution in [0.3, 0.4) is 0 Å². The van der Waals surface area contributed by atoms with Crippen LogP contribution in [-0.4, -0.2) is 0 Å². The molecule has 0 aliphatic carbocycles. The van der Waals surface area contributed by atoms with Gasteiger partial charge in [0, 0.05) is 15.7 Å². The Morgan fingerprint density at radius 2 is 1.94 bits per heavy atom. The van der Waals surface area contributed by atoms with Crippen molar-refractivity contribution in [3.05, 3.63) is 57.4 Å². The van der Waals surface area contributed by atoms with E-state index in [9.17, 15) is 4.39 Å². The average Bonchev–Trinajstić information content (AvgIpc) is 2.29. The van der Waals surface area contributed by atoms with Gasteiger partial charge in [-0.3, -0.25) is 0 Å². The Labute approximate surface area is 113 Å². The van der Waals surface area contributed by atoms with E-state index in [1.165, 1.54) is 6.07 Å². The molecule has 4 heteroatoms. The Morgan fingerprint density at radius 1 is 1.18 bits per heavy atom. The zero-order valence-corrected chi connectivity index (χ0v) is 11.1. The van der Waals surface area contributed by atoms with E-state index in [0.29, 0.717) is 17.1 Å². The molecule has 0 saturated carbocycles. The monoisotopic (exact) mass is 343 g/mol. The Kier molecular flexibility index (Phi) is 3.96. The lowest BCUT2D eigenvalue weighted by atomic mass is 10.2. The van der Waals surface area contributed by atoms with Gasteiger partial charge >= 0.3 is 0 Å². The molecule has 0 saturated heterocycles. The second-order valence-corrected chi connectivity index (χ2v) is 4.73. The molecule has 2 N–H and O–H groups in total. The molecule has 88 valence electrons. The third-order valence-corrected chi connectivity index (χ3v) is 2.97. The van der Waals surface area contributed by atoms with Gasteiger partial charge in [-0.25, -0.2) is 4.39 Å². The molecule has 0 amide bonds. The summed E-state index contributed by atoms with van der Waals surface area (Å²) in [6, 6.07) is 12.3. The predicted octanol–water partition coefficient (Wildman–Crippen LogP) is 3.68. The number of nitrogens with two attached hydrogens (primary N) is 1. The number of ether oxygens (including phenoxy) is 1. The van der Waals surface area contributed by atoms with Gasteiger partial charge in [0.15, 0.2) is 0 Å². The molecule has 0 unspecified atom stereocenters. The standard InChI is InChI=1S/C13H11FINO/c14-12-5-2-6-13(11(12)8-16)17-10-4-1-3-9(15)7-10/h1-7H,8,16H2. The van der Waals surface area contributed by atoms with Crippen molar-refractivity contribution < 1.29 is 9.13 Å². The minimum Gasteiger partial charge on any atom is -0.457 e. The summed E-state index contributed by atoms with van der Waals surface area (Å²) in [6.07, 6.45) is 0. The zero-order chi connectivity index (χ0) is 12.3. The van der Waals surface area contributed by atoms with Gasteiger partial charge in [0.1, 0.15) is 17.3 Å². The molecular weight excluding hydrogens is 332 g/mol. The first kappa shape index (κ1) is 12.3. The van der Waals surface area contributed by atoms with E-state index in [4.69, 9.17) is 10.5 Å². The second kappa shape index (κ2) is 5.46. The largest absolute Gasteiger partial charge is 0.457 e. The molecule has 0 bridgehead atoms. The summed E-state index contributed by atoms with van der Waals surface area (Å²) in [6.45, 7) is 0.117. The van der Waals surface area contributed by atoms with Crippen LogP contribution in [0.4, 0.5) is 4.39 Å². The first-order valence-electron chi connectivity index (χ1n) is 5.11. The molecule has 0 fully saturated rings. The lowest BCUT2D eigenvalue weighted by molar-refractivity contribution is 0.467. The Morgan fingerprint density at radius 3 is 2.65 bits per heavy atom. The molecule has 2 aromatic rings. The Balaban J connectivity index is 2.33. The molecule has 0 aromatic heterocycles. The summed E-state index contributed by atoms with van der Waals surface area (Å²) in [5, 5.41) is 0. The molecule has 2 aromatic carbocycles. The average molecular weight is 343 g/mol. The Hall–Kier alpha value is -1.14. The number of rotatable bonds is 3. The minimum absolute atomic E-state index is 0.117. The highest BCUT2D eigenvalue weighted by Crippen LogP contribution is 2.27. The fraction of sp³-hybridized carbons (Fsp3) is 0.0769. The summed E-state index contributed by atoms with van der Waals surface area (Å²) in [5.74, 6) is 0.808. The van der Waals surface area contributed by atoms with Crippen molar-refractivity contribution in [3.8, 4) is 11.5 Å². The molecule has 0 radical (unpaired) electrons. The third kappa shape index (κ3) is 2.95. The molecule has 0 heterocycles. The third-order valence-electron chi connectivity index (χ3n) is 2.30. The van der Waals surface area contributed by atoms with Crippen molar-refractivity contribution >= 4 is 22.6 Å². The highest BCUT2D eigenvalue weighted by atomic mass is 127. The topological polar surface area (TPSA) is 35.2 Å². The van der Waals surface area contributed by atoms with Gasteiger partial charge in [0.2, 0.25) is 0 Å². The van der Waals surface area contributed by atoms with Crippen molar-refractivity contribution in [3.63, 3.8) is 0 Å². The molecule has 17 heavy (non-hydrogen) atoms. The smallest absolute Gasteiger partial charge is 0.134 e. The Bertz CT molecular complexity index is 531. The van der Waals surface area contributed by atoms with Crippen LogP contribution in [0.1, 0.15) is 5.56 Å². The highest BCUT2D eigenvalue weighted by Gasteiger charge is 2.08. The fourth-order valence-electron chi connectivity index (χ4n) is 1.49. The van der Waals surface area contributed by atoms with Crippen molar-refractivity contribution in [1.29, 1.82) is 0 Å². The van der Waals surface area contributed by atoms with Crippen LogP contribution in [0.5, 0.6) is 11.5 Å². The molecule has 0 spiro atoms. The van der Waals surface area contributed by atoms with Crippen molar-refractivity contribution in [2.75, 3.05) is 0 Å². The van der Waals surface area contributed by atoms with Gasteiger partial charge in [-0.2, -0.15) is 0 Å². The lowest BCUT2D eigenvalue weighted by Crippen LogP contribution is -2.02. The van der Waals surface area contributed by atoms with Crippen LogP contribution in [0.2, 0.25) is 0 Å². The van der Waals surface area contributed by atoms with Gasteiger partial charge in [-0.15, -0.1) is 0 Å². The second-order valence-electron chi connectivity index (χ2n) is 3.48. The molecule has 2 nitrogen and oxygen atoms in total. The maximum atomic E-state index is 13.5. The van der Waals surface area contributed by atoms with Crippen LogP contribution in [0.25, 0.3) is 0 Å². The van der Waals surface area contributed by atoms with E-state index in [0.717, 1.165) is 3.57 Å². The summed E-state index contributed by atoms with van der Waals surface area (Å²) in [4.78, 5) is 0. The predicted molar refractivity (Wildman–Crippen MR) is 73.5 cm³/mol. The van der Waals surface area contributed by atoms with E-state index in [-0.39, 0.29) is 12.4 Å². The molecule has 0 aliphatic rings. The first-order valence-corrected chi connectivity index (χ1v) is 6.19. The van der Waals surface area contributed by atoms with Crippen molar-refractivity contribution in [1.82, 2.24) is 0 Å². The van der Waals surface area contributed by atoms with Gasteiger partial charge < -0.3 is 10.5 Å². The minimum atomic E-state index is -0.337. The van der Waals surface area contributed by atoms with Crippen LogP contribution < -0.4 is 10.5 Å². The first-order chi connectivity index (χ1) is 8.20. The van der Waals surface area contributed by atoms with Crippen molar-refractivity contribution in [2.24, 2.45) is 5.73 Å². The van der Waals surface area contributed by atoms with Gasteiger partial charge in [-0.05, 0) is 52.9 Å². The lowest BCUT2D eigenvalue weighted by Gasteiger charge is -2.10. The molecule has 0 aliphatic heterocycles. The molecule has 2 rings (SSSR count). The number of benzene rings is 2. The van der Waals surface area contributed by atoms with Crippen LogP contribution >= 0.6 is 22.6 Å². The van der Waals surface area contributed by atoms with E-state index in [1.807, 2.05) is 24.3 Å². The number of hydrogen-bond acceptors (Lipinski definition) is 2. The normalized spacial score (nSPS) is 10.3. The zero-order valence-electron chi connectivity index (χ0n) is 8.99. The van der Waals surface area contributed by atoms with Crippen molar-refractivity contribution in [2.45, 2.75) is 6.54 Å². The fourth-order valence-corrected chi connectivity index (χ4v) is 2.00. The maximum Gasteiger partial charge on any atom is 0.134 e. The summed E-state index contributed by atoms with van der Waals surface area (Å²) in [5.41, 5.74) is 5.91. The SMILES string of the molecule is NCc1c(F)cccc1Oc1cccc(I)c1. The summed E-state index contributed by atoms with van der Waals surface area (Å²) < 4.78 is 20.2. The maximum absolute atomic E-state index is 13.5. The summed E-state index contributed by atoms with van der Waals surface area (Å²) in [7, 11) is 0. The van der Waals surface area contributed by atoms with Crippen LogP contribution in [0, 0.1) is 9.39 Å². The quantitative estimate of drug-likeness (QED) is 0.863.